The smallest absolute Gasteiger partial charge is 0.356 e. The summed E-state index contributed by atoms with van der Waals surface area (Å²) in [7, 11) is -4.54. The van der Waals surface area contributed by atoms with E-state index in [1.54, 1.807) is 0 Å². The van der Waals surface area contributed by atoms with Crippen LogP contribution in [0.5, 0.6) is 11.5 Å². The van der Waals surface area contributed by atoms with E-state index in [0.29, 0.717) is 70.4 Å². The summed E-state index contributed by atoms with van der Waals surface area (Å²) in [4.78, 5) is 54.1. The van der Waals surface area contributed by atoms with Gasteiger partial charge in [-0.05, 0) is 108 Å². The molecule has 2 saturated heterocycles. The first-order valence-corrected chi connectivity index (χ1v) is 31.6. The maximum absolute atomic E-state index is 14.0. The normalized spacial score (nSPS) is 25.1. The summed E-state index contributed by atoms with van der Waals surface area (Å²) in [6.45, 7) is 48.1. The fraction of sp³-hybridized carbons (Fsp3) is 0.635. The van der Waals surface area contributed by atoms with Gasteiger partial charge in [-0.25, -0.2) is 9.59 Å². The van der Waals surface area contributed by atoms with Crippen LogP contribution >= 0.6 is 0 Å². The van der Waals surface area contributed by atoms with E-state index in [1.165, 1.54) is 0 Å². The van der Waals surface area contributed by atoms with Crippen LogP contribution in [0.25, 0.3) is 0 Å². The SMILES string of the molecule is CC(C)[Si](C#CC(=C=C(C#C[Si](C(C)C)(C(C)C)C(C)C)C(C)(C)c1ccc(OC(=O)[C@@]23CC[C@@](C)(C(=O)O2)C3(C)C)cc1)C(C)(C)c1ccc(OC(=O)[C@@]23CC[C@@](C)(C(=O)O2)C3(C)C)cc1)(C(C)C)C(C)C. The second kappa shape index (κ2) is 19.2. The molecule has 6 rings (SSSR count). The molecular formula is C63H88O8Si2. The van der Waals surface area contributed by atoms with Gasteiger partial charge >= 0.3 is 23.9 Å². The van der Waals surface area contributed by atoms with Gasteiger partial charge in [-0.1, -0.05) is 180 Å². The number of ether oxygens (including phenoxy) is 4. The fourth-order valence-electron chi connectivity index (χ4n) is 14.0. The third kappa shape index (κ3) is 8.57. The van der Waals surface area contributed by atoms with Crippen LogP contribution in [0.3, 0.4) is 0 Å². The van der Waals surface area contributed by atoms with Gasteiger partial charge in [-0.2, -0.15) is 0 Å². The molecule has 0 aromatic heterocycles. The molecule has 0 radical (unpaired) electrons. The standard InChI is InChI=1S/C63H88O8Si2/c1-40(2)72(41(3)4,42(5)6)37-31-48(56(13,14)46-23-27-50(28-24-46)68-54(66)62-35-33-60(21,52(64)70-62)58(62,17)18)39-49(32-38-73(43(7)8,44(9)10)45(11)12)57(15,16)47-25-29-51(30-26-47)69-55(67)63-36-34-61(22,53(65)71-63)59(63,19)20/h23-30,40-45H,33-36H2,1-22H3/t39?,60-,61-,62+,63+/m0/s1. The molecule has 2 aromatic rings. The van der Waals surface area contributed by atoms with E-state index in [-0.39, 0.29) is 11.9 Å². The molecule has 4 bridgehead atoms. The lowest BCUT2D eigenvalue weighted by molar-refractivity contribution is -0.176. The Morgan fingerprint density at radius 1 is 0.493 bits per heavy atom. The Morgan fingerprint density at radius 3 is 0.986 bits per heavy atom. The highest BCUT2D eigenvalue weighted by Crippen LogP contribution is 2.67. The number of allylic oxidation sites excluding steroid dienone is 1. The van der Waals surface area contributed by atoms with Gasteiger partial charge in [0.05, 0.1) is 22.0 Å². The van der Waals surface area contributed by atoms with Crippen molar-refractivity contribution < 1.29 is 38.1 Å². The molecule has 73 heavy (non-hydrogen) atoms. The Hall–Kier alpha value is -4.61. The average molecular weight is 1030 g/mol. The maximum Gasteiger partial charge on any atom is 0.356 e. The zero-order chi connectivity index (χ0) is 55.1. The Labute approximate surface area is 442 Å². The molecule has 4 atom stereocenters. The minimum absolute atomic E-state index is 0.346. The van der Waals surface area contributed by atoms with Crippen molar-refractivity contribution in [2.24, 2.45) is 21.7 Å². The Morgan fingerprint density at radius 2 is 0.767 bits per heavy atom. The maximum atomic E-state index is 14.0. The van der Waals surface area contributed by atoms with Crippen LogP contribution in [-0.2, 0) is 39.5 Å². The molecule has 2 aromatic carbocycles. The molecular weight excluding hydrogens is 941 g/mol. The van der Waals surface area contributed by atoms with Gasteiger partial charge in [-0.15, -0.1) is 11.1 Å². The van der Waals surface area contributed by atoms with E-state index in [9.17, 15) is 19.2 Å². The number of esters is 4. The highest BCUT2D eigenvalue weighted by atomic mass is 28.3. The number of carbonyl (C=O) groups is 4. The number of hydrogen-bond donors (Lipinski definition) is 0. The quantitative estimate of drug-likeness (QED) is 0.0606. The van der Waals surface area contributed by atoms with E-state index in [0.717, 1.165) is 22.3 Å². The van der Waals surface area contributed by atoms with E-state index >= 15 is 0 Å². The summed E-state index contributed by atoms with van der Waals surface area (Å²) in [5.74, 6) is 6.71. The van der Waals surface area contributed by atoms with Gasteiger partial charge in [0.1, 0.15) is 27.6 Å². The molecule has 8 nitrogen and oxygen atoms in total. The number of carbonyl (C=O) groups excluding carboxylic acids is 4. The zero-order valence-corrected chi connectivity index (χ0v) is 50.7. The Bertz CT molecular complexity index is 2490. The second-order valence-electron chi connectivity index (χ2n) is 26.6. The molecule has 2 heterocycles. The fourth-order valence-corrected chi connectivity index (χ4v) is 24.4. The first-order chi connectivity index (χ1) is 33.5. The number of rotatable bonds is 14. The molecule has 2 aliphatic carbocycles. The number of fused-ring (bicyclic) bond motifs is 4. The van der Waals surface area contributed by atoms with Gasteiger partial charge in [0, 0.05) is 21.7 Å². The molecule has 2 saturated carbocycles. The zero-order valence-electron chi connectivity index (χ0n) is 48.7. The topological polar surface area (TPSA) is 105 Å². The van der Waals surface area contributed by atoms with Crippen LogP contribution in [0.4, 0.5) is 0 Å². The molecule has 4 aliphatic rings. The van der Waals surface area contributed by atoms with Crippen molar-refractivity contribution in [1.82, 2.24) is 0 Å². The van der Waals surface area contributed by atoms with Crippen molar-refractivity contribution in [2.45, 2.75) is 233 Å². The minimum atomic E-state index is -2.27. The first kappa shape index (κ1) is 57.7. The Balaban J connectivity index is 1.53. The van der Waals surface area contributed by atoms with Crippen LogP contribution in [0.1, 0.15) is 189 Å². The molecule has 4 fully saturated rings. The lowest BCUT2D eigenvalue weighted by Gasteiger charge is -2.38. The van der Waals surface area contributed by atoms with Crippen LogP contribution in [0.15, 0.2) is 65.4 Å². The minimum Gasteiger partial charge on any atom is -0.446 e. The summed E-state index contributed by atoms with van der Waals surface area (Å²) in [6.07, 6.45) is 1.98. The number of hydrogen-bond acceptors (Lipinski definition) is 8. The van der Waals surface area contributed by atoms with Gasteiger partial charge in [0.25, 0.3) is 0 Å². The summed E-state index contributed by atoms with van der Waals surface area (Å²) < 4.78 is 23.9. The average Bonchev–Trinajstić information content (AvgIpc) is 3.76. The van der Waals surface area contributed by atoms with Crippen LogP contribution in [0, 0.1) is 44.6 Å². The van der Waals surface area contributed by atoms with Gasteiger partial charge in [0.2, 0.25) is 11.2 Å². The van der Waals surface area contributed by atoms with E-state index in [2.05, 4.69) is 139 Å². The summed E-state index contributed by atoms with van der Waals surface area (Å²) >= 11 is 0. The lowest BCUT2D eigenvalue weighted by atomic mass is 9.66. The molecule has 10 heteroatoms. The molecule has 0 spiro atoms. The van der Waals surface area contributed by atoms with Crippen molar-refractivity contribution in [1.29, 1.82) is 0 Å². The van der Waals surface area contributed by atoms with E-state index < -0.39 is 71.8 Å². The van der Waals surface area contributed by atoms with Crippen molar-refractivity contribution in [3.8, 4) is 34.4 Å². The van der Waals surface area contributed by atoms with Gasteiger partial charge < -0.3 is 18.9 Å². The third-order valence-corrected chi connectivity index (χ3v) is 33.0. The van der Waals surface area contributed by atoms with Crippen molar-refractivity contribution in [2.75, 3.05) is 0 Å². The predicted octanol–water partition coefficient (Wildman–Crippen LogP) is 14.9. The van der Waals surface area contributed by atoms with Crippen molar-refractivity contribution >= 4 is 40.0 Å². The monoisotopic (exact) mass is 1030 g/mol. The van der Waals surface area contributed by atoms with E-state index in [4.69, 9.17) is 18.9 Å². The lowest BCUT2D eigenvalue weighted by Crippen LogP contribution is -2.50. The van der Waals surface area contributed by atoms with Gasteiger partial charge in [0.15, 0.2) is 0 Å². The van der Waals surface area contributed by atoms with Crippen LogP contribution in [-0.4, -0.2) is 51.2 Å². The molecule has 0 N–H and O–H groups in total. The van der Waals surface area contributed by atoms with Crippen LogP contribution in [0.2, 0.25) is 33.2 Å². The highest BCUT2D eigenvalue weighted by Gasteiger charge is 2.77. The number of benzene rings is 2. The summed E-state index contributed by atoms with van der Waals surface area (Å²) in [5, 5.41) is 0. The molecule has 0 amide bonds. The third-order valence-electron chi connectivity index (χ3n) is 20.4. The highest BCUT2D eigenvalue weighted by molar-refractivity contribution is 6.91. The van der Waals surface area contributed by atoms with Crippen molar-refractivity contribution in [3.05, 3.63) is 76.5 Å². The van der Waals surface area contributed by atoms with Gasteiger partial charge in [-0.3, -0.25) is 9.59 Å². The summed E-state index contributed by atoms with van der Waals surface area (Å²) in [5.41, 5.74) is 11.0. The Kier molecular flexibility index (Phi) is 15.2. The van der Waals surface area contributed by atoms with Crippen LogP contribution < -0.4 is 9.47 Å². The first-order valence-electron chi connectivity index (χ1n) is 27.2. The molecule has 0 unspecified atom stereocenters. The summed E-state index contributed by atoms with van der Waals surface area (Å²) in [6, 6.07) is 15.3. The van der Waals surface area contributed by atoms with E-state index in [1.807, 2.05) is 90.1 Å². The molecule has 396 valence electrons. The van der Waals surface area contributed by atoms with Crippen molar-refractivity contribution in [3.63, 3.8) is 0 Å². The predicted molar refractivity (Wildman–Crippen MR) is 298 cm³/mol. The molecule has 2 aliphatic heterocycles. The second-order valence-corrected chi connectivity index (χ2v) is 37.8. The largest absolute Gasteiger partial charge is 0.446 e.